The van der Waals surface area contributed by atoms with Crippen LogP contribution in [-0.2, 0) is 16.4 Å². The highest BCUT2D eigenvalue weighted by Crippen LogP contribution is 2.33. The van der Waals surface area contributed by atoms with E-state index >= 15 is 0 Å². The fraction of sp³-hybridized carbons (Fsp3) is 0.278. The molecule has 1 aromatic carbocycles. The van der Waals surface area contributed by atoms with Crippen LogP contribution in [0.5, 0.6) is 0 Å². The Labute approximate surface area is 150 Å². The molecule has 138 valence electrons. The second kappa shape index (κ2) is 7.03. The molecule has 0 saturated carbocycles. The van der Waals surface area contributed by atoms with Gasteiger partial charge in [-0.1, -0.05) is 13.8 Å². The monoisotopic (exact) mass is 379 g/mol. The molecule has 0 saturated heterocycles. The molecule has 0 radical (unpaired) electrons. The van der Waals surface area contributed by atoms with Gasteiger partial charge in [0.05, 0.1) is 23.3 Å². The van der Waals surface area contributed by atoms with Crippen molar-refractivity contribution in [1.82, 2.24) is 9.97 Å². The van der Waals surface area contributed by atoms with Crippen molar-refractivity contribution in [2.45, 2.75) is 26.7 Å². The van der Waals surface area contributed by atoms with Crippen LogP contribution in [0.15, 0.2) is 36.5 Å². The number of halogens is 2. The van der Waals surface area contributed by atoms with Gasteiger partial charge in [0.2, 0.25) is 10.0 Å². The zero-order valence-corrected chi connectivity index (χ0v) is 15.3. The third kappa shape index (κ3) is 3.41. The summed E-state index contributed by atoms with van der Waals surface area (Å²) in [5, 5.41) is 0.721. The zero-order valence-electron chi connectivity index (χ0n) is 14.5. The largest absolute Gasteiger partial charge is 0.343 e. The summed E-state index contributed by atoms with van der Waals surface area (Å²) < 4.78 is 54.1. The number of sulfonamides is 1. The first-order chi connectivity index (χ1) is 12.4. The maximum atomic E-state index is 14.4. The molecule has 0 aliphatic rings. The van der Waals surface area contributed by atoms with E-state index in [0.29, 0.717) is 18.1 Å². The van der Waals surface area contributed by atoms with Crippen LogP contribution < -0.4 is 4.31 Å². The van der Waals surface area contributed by atoms with Crippen LogP contribution >= 0.6 is 0 Å². The Morgan fingerprint density at radius 1 is 1.15 bits per heavy atom. The van der Waals surface area contributed by atoms with Gasteiger partial charge in [-0.2, -0.15) is 0 Å². The molecule has 2 aromatic heterocycles. The number of benzene rings is 1. The first kappa shape index (κ1) is 18.3. The van der Waals surface area contributed by atoms with Gasteiger partial charge in [0.25, 0.3) is 0 Å². The number of rotatable bonds is 6. The number of hydrogen-bond acceptors (Lipinski definition) is 3. The van der Waals surface area contributed by atoms with E-state index < -0.39 is 21.7 Å². The first-order valence-electron chi connectivity index (χ1n) is 8.31. The quantitative estimate of drug-likeness (QED) is 0.695. The summed E-state index contributed by atoms with van der Waals surface area (Å²) in [5.74, 6) is -1.89. The molecule has 5 nitrogen and oxygen atoms in total. The van der Waals surface area contributed by atoms with E-state index in [4.69, 9.17) is 0 Å². The summed E-state index contributed by atoms with van der Waals surface area (Å²) in [4.78, 5) is 7.39. The summed E-state index contributed by atoms with van der Waals surface area (Å²) in [7, 11) is -3.86. The van der Waals surface area contributed by atoms with Crippen molar-refractivity contribution >= 4 is 32.4 Å². The lowest BCUT2D eigenvalue weighted by Gasteiger charge is -2.24. The second-order valence-electron chi connectivity index (χ2n) is 5.96. The van der Waals surface area contributed by atoms with Gasteiger partial charge in [-0.05, 0) is 37.1 Å². The predicted molar refractivity (Wildman–Crippen MR) is 98.0 cm³/mol. The van der Waals surface area contributed by atoms with E-state index in [9.17, 15) is 17.2 Å². The van der Waals surface area contributed by atoms with Crippen molar-refractivity contribution in [3.8, 4) is 0 Å². The number of pyridine rings is 1. The lowest BCUT2D eigenvalue weighted by molar-refractivity contribution is 0.578. The Hall–Kier alpha value is -2.48. The Kier molecular flexibility index (Phi) is 4.95. The third-order valence-corrected chi connectivity index (χ3v) is 5.88. The Morgan fingerprint density at radius 3 is 2.58 bits per heavy atom. The van der Waals surface area contributed by atoms with Crippen LogP contribution in [0.2, 0.25) is 0 Å². The molecular weight excluding hydrogens is 360 g/mol. The SMILES string of the molecule is CCCS(=O)(=O)N(c1cnc2[nH]c(CC)cc2c1)c1ccc(F)cc1F. The van der Waals surface area contributed by atoms with E-state index in [1.54, 1.807) is 13.0 Å². The van der Waals surface area contributed by atoms with Gasteiger partial charge < -0.3 is 4.98 Å². The van der Waals surface area contributed by atoms with Crippen LogP contribution in [0.4, 0.5) is 20.2 Å². The third-order valence-electron chi connectivity index (χ3n) is 4.00. The highest BCUT2D eigenvalue weighted by atomic mass is 32.2. The molecule has 3 rings (SSSR count). The summed E-state index contributed by atoms with van der Waals surface area (Å²) in [5.41, 5.74) is 1.56. The fourth-order valence-electron chi connectivity index (χ4n) is 2.81. The molecule has 0 fully saturated rings. The first-order valence-corrected chi connectivity index (χ1v) is 9.92. The smallest absolute Gasteiger partial charge is 0.239 e. The van der Waals surface area contributed by atoms with Gasteiger partial charge in [-0.3, -0.25) is 0 Å². The maximum Gasteiger partial charge on any atom is 0.239 e. The number of aryl methyl sites for hydroxylation is 1. The van der Waals surface area contributed by atoms with Crippen LogP contribution in [-0.4, -0.2) is 24.1 Å². The molecule has 8 heteroatoms. The average molecular weight is 379 g/mol. The minimum atomic E-state index is -3.86. The molecular formula is C18H19F2N3O2S. The van der Waals surface area contributed by atoms with Gasteiger partial charge in [-0.25, -0.2) is 26.5 Å². The van der Waals surface area contributed by atoms with Crippen molar-refractivity contribution in [1.29, 1.82) is 0 Å². The maximum absolute atomic E-state index is 14.4. The van der Waals surface area contributed by atoms with Crippen molar-refractivity contribution < 1.29 is 17.2 Å². The molecule has 1 N–H and O–H groups in total. The molecule has 0 aliphatic heterocycles. The Balaban J connectivity index is 2.20. The minimum absolute atomic E-state index is 0.171. The van der Waals surface area contributed by atoms with E-state index in [0.717, 1.165) is 33.9 Å². The van der Waals surface area contributed by atoms with E-state index in [1.807, 2.05) is 13.0 Å². The molecule has 0 spiro atoms. The number of fused-ring (bicyclic) bond motifs is 1. The number of aromatic nitrogens is 2. The standard InChI is InChI=1S/C18H19F2N3O2S/c1-3-7-26(24,25)23(17-6-5-13(19)10-16(17)20)15-9-12-8-14(4-2)22-18(12)21-11-15/h5-6,8-11H,3-4,7H2,1-2H3,(H,21,22). The highest BCUT2D eigenvalue weighted by Gasteiger charge is 2.27. The molecule has 0 amide bonds. The van der Waals surface area contributed by atoms with Crippen molar-refractivity contribution in [3.63, 3.8) is 0 Å². The summed E-state index contributed by atoms with van der Waals surface area (Å²) in [6, 6.07) is 6.33. The van der Waals surface area contributed by atoms with Crippen molar-refractivity contribution in [2.24, 2.45) is 0 Å². The topological polar surface area (TPSA) is 66.1 Å². The van der Waals surface area contributed by atoms with Crippen LogP contribution in [0, 0.1) is 11.6 Å². The Bertz CT molecular complexity index is 1050. The molecule has 0 unspecified atom stereocenters. The number of anilines is 2. The normalized spacial score (nSPS) is 11.8. The molecule has 26 heavy (non-hydrogen) atoms. The lowest BCUT2D eigenvalue weighted by atomic mass is 10.2. The number of aromatic amines is 1. The number of H-pyrrole nitrogens is 1. The lowest BCUT2D eigenvalue weighted by Crippen LogP contribution is -2.29. The Morgan fingerprint density at radius 2 is 1.92 bits per heavy atom. The van der Waals surface area contributed by atoms with Gasteiger partial charge >= 0.3 is 0 Å². The highest BCUT2D eigenvalue weighted by molar-refractivity contribution is 7.93. The van der Waals surface area contributed by atoms with E-state index in [-0.39, 0.29) is 17.1 Å². The number of nitrogens with one attached hydrogen (secondary N) is 1. The fourth-order valence-corrected chi connectivity index (χ4v) is 4.37. The zero-order chi connectivity index (χ0) is 18.9. The van der Waals surface area contributed by atoms with Gasteiger partial charge in [0.15, 0.2) is 5.82 Å². The average Bonchev–Trinajstić information content (AvgIpc) is 2.99. The molecule has 3 aromatic rings. The second-order valence-corrected chi connectivity index (χ2v) is 7.89. The van der Waals surface area contributed by atoms with Crippen LogP contribution in [0.25, 0.3) is 11.0 Å². The van der Waals surface area contributed by atoms with Gasteiger partial charge in [-0.15, -0.1) is 0 Å². The van der Waals surface area contributed by atoms with Gasteiger partial charge in [0.1, 0.15) is 11.5 Å². The summed E-state index contributed by atoms with van der Waals surface area (Å²) in [6.07, 6.45) is 2.51. The predicted octanol–water partition coefficient (Wildman–Crippen LogP) is 4.28. The summed E-state index contributed by atoms with van der Waals surface area (Å²) >= 11 is 0. The molecule has 0 atom stereocenters. The number of nitrogens with zero attached hydrogens (tertiary/aromatic N) is 2. The van der Waals surface area contributed by atoms with Gasteiger partial charge in [0, 0.05) is 17.1 Å². The van der Waals surface area contributed by atoms with Crippen LogP contribution in [0.1, 0.15) is 26.0 Å². The van der Waals surface area contributed by atoms with E-state index in [2.05, 4.69) is 9.97 Å². The van der Waals surface area contributed by atoms with Crippen LogP contribution in [0.3, 0.4) is 0 Å². The van der Waals surface area contributed by atoms with E-state index in [1.165, 1.54) is 6.20 Å². The molecule has 0 aliphatic carbocycles. The molecule has 2 heterocycles. The van der Waals surface area contributed by atoms with Crippen molar-refractivity contribution in [3.05, 3.63) is 53.9 Å². The number of hydrogen-bond donors (Lipinski definition) is 1. The summed E-state index contributed by atoms with van der Waals surface area (Å²) in [6.45, 7) is 3.70. The molecule has 0 bridgehead atoms. The minimum Gasteiger partial charge on any atom is -0.343 e. The van der Waals surface area contributed by atoms with Crippen molar-refractivity contribution in [2.75, 3.05) is 10.1 Å².